The summed E-state index contributed by atoms with van der Waals surface area (Å²) in [5.74, 6) is 1.55. The lowest BCUT2D eigenvalue weighted by Crippen LogP contribution is -2.22. The average molecular weight is 413 g/mol. The van der Waals surface area contributed by atoms with E-state index in [0.29, 0.717) is 17.5 Å². The number of thioether (sulfide) groups is 1. The van der Waals surface area contributed by atoms with E-state index in [-0.39, 0.29) is 23.6 Å². The molecule has 7 nitrogen and oxygen atoms in total. The van der Waals surface area contributed by atoms with Crippen LogP contribution in [0.25, 0.3) is 11.4 Å². The molecule has 0 unspecified atom stereocenters. The smallest absolute Gasteiger partial charge is 0.316 e. The Balaban J connectivity index is 1.49. The van der Waals surface area contributed by atoms with Crippen molar-refractivity contribution >= 4 is 17.7 Å². The van der Waals surface area contributed by atoms with Gasteiger partial charge in [0.25, 0.3) is 0 Å². The van der Waals surface area contributed by atoms with E-state index < -0.39 is 0 Å². The van der Waals surface area contributed by atoms with Gasteiger partial charge >= 0.3 is 5.97 Å². The lowest BCUT2D eigenvalue weighted by atomic mass is 9.98. The third-order valence-corrected chi connectivity index (χ3v) is 5.85. The summed E-state index contributed by atoms with van der Waals surface area (Å²) in [7, 11) is 0. The fraction of sp³-hybridized carbons (Fsp3) is 0.381. The number of phenols is 1. The number of carbonyl (C=O) groups excluding carboxylic acids is 1. The fourth-order valence-electron chi connectivity index (χ4n) is 3.45. The third-order valence-electron chi connectivity index (χ3n) is 4.91. The molecule has 0 spiro atoms. The van der Waals surface area contributed by atoms with Crippen molar-refractivity contribution in [3.63, 3.8) is 0 Å². The van der Waals surface area contributed by atoms with Crippen molar-refractivity contribution in [1.29, 1.82) is 0 Å². The first-order valence-electron chi connectivity index (χ1n) is 9.76. The number of ether oxygens (including phenoxy) is 1. The first-order valence-corrected chi connectivity index (χ1v) is 10.7. The molecular formula is C21H23N3O4S. The number of rotatable bonds is 7. The molecule has 1 aliphatic rings. The molecule has 0 radical (unpaired) electrons. The quantitative estimate of drug-likeness (QED) is 0.457. The van der Waals surface area contributed by atoms with Crippen LogP contribution in [0.3, 0.4) is 0 Å². The fourth-order valence-corrected chi connectivity index (χ4v) is 4.17. The molecule has 1 aliphatic carbocycles. The third kappa shape index (κ3) is 5.00. The van der Waals surface area contributed by atoms with Crippen LogP contribution in [0.15, 0.2) is 52.2 Å². The van der Waals surface area contributed by atoms with Gasteiger partial charge in [0.1, 0.15) is 17.6 Å². The zero-order chi connectivity index (χ0) is 20.1. The number of furan rings is 1. The van der Waals surface area contributed by atoms with Gasteiger partial charge in [0.15, 0.2) is 11.0 Å². The minimum atomic E-state index is -0.222. The number of aromatic nitrogens is 3. The second kappa shape index (κ2) is 9.17. The predicted octanol–water partition coefficient (Wildman–Crippen LogP) is 4.26. The standard InChI is InChI=1S/C21H23N3O4S/c25-16-10-8-15(9-11-16)20-22-23-21(24(20)13-18-7-4-12-27-18)29-14-19(26)28-17-5-2-1-3-6-17/h4,7-12,17,25H,1-3,5-6,13-14H2. The topological polar surface area (TPSA) is 90.4 Å². The molecule has 0 saturated heterocycles. The van der Waals surface area contributed by atoms with E-state index in [1.54, 1.807) is 30.5 Å². The molecule has 3 aromatic rings. The summed E-state index contributed by atoms with van der Waals surface area (Å²) in [4.78, 5) is 12.3. The van der Waals surface area contributed by atoms with Gasteiger partial charge in [-0.2, -0.15) is 0 Å². The van der Waals surface area contributed by atoms with Gasteiger partial charge < -0.3 is 14.3 Å². The maximum absolute atomic E-state index is 12.3. The van der Waals surface area contributed by atoms with Crippen LogP contribution in [0, 0.1) is 0 Å². The Morgan fingerprint density at radius 3 is 2.69 bits per heavy atom. The highest BCUT2D eigenvalue weighted by molar-refractivity contribution is 7.99. The molecule has 4 rings (SSSR count). The zero-order valence-electron chi connectivity index (χ0n) is 16.0. The van der Waals surface area contributed by atoms with Crippen LogP contribution in [-0.2, 0) is 16.1 Å². The number of hydrogen-bond acceptors (Lipinski definition) is 7. The molecule has 2 heterocycles. The van der Waals surface area contributed by atoms with Gasteiger partial charge in [-0.15, -0.1) is 10.2 Å². The van der Waals surface area contributed by atoms with Gasteiger partial charge in [-0.05, 0) is 62.1 Å². The minimum absolute atomic E-state index is 0.0467. The molecular weight excluding hydrogens is 390 g/mol. The number of nitrogens with zero attached hydrogens (tertiary/aromatic N) is 3. The molecule has 0 amide bonds. The number of phenolic OH excluding ortho intramolecular Hbond substituents is 1. The first-order chi connectivity index (χ1) is 14.2. The summed E-state index contributed by atoms with van der Waals surface area (Å²) in [6, 6.07) is 10.5. The lowest BCUT2D eigenvalue weighted by molar-refractivity contribution is -0.147. The van der Waals surface area contributed by atoms with Crippen LogP contribution in [0.4, 0.5) is 0 Å². The predicted molar refractivity (Wildman–Crippen MR) is 109 cm³/mol. The van der Waals surface area contributed by atoms with E-state index in [9.17, 15) is 9.90 Å². The van der Waals surface area contributed by atoms with E-state index in [2.05, 4.69) is 10.2 Å². The second-order valence-electron chi connectivity index (χ2n) is 7.06. The van der Waals surface area contributed by atoms with Crippen molar-refractivity contribution in [2.45, 2.75) is 49.9 Å². The number of carbonyl (C=O) groups is 1. The van der Waals surface area contributed by atoms with Gasteiger partial charge in [-0.3, -0.25) is 9.36 Å². The SMILES string of the molecule is O=C(CSc1nnc(-c2ccc(O)cc2)n1Cc1ccco1)OC1CCCCC1. The van der Waals surface area contributed by atoms with Gasteiger partial charge in [0, 0.05) is 5.56 Å². The molecule has 2 aromatic heterocycles. The van der Waals surface area contributed by atoms with Gasteiger partial charge in [0.2, 0.25) is 0 Å². The van der Waals surface area contributed by atoms with Gasteiger partial charge in [0.05, 0.1) is 18.6 Å². The van der Waals surface area contributed by atoms with E-state index in [0.717, 1.165) is 37.0 Å². The summed E-state index contributed by atoms with van der Waals surface area (Å²) >= 11 is 1.31. The van der Waals surface area contributed by atoms with Crippen LogP contribution in [0.5, 0.6) is 5.75 Å². The van der Waals surface area contributed by atoms with Crippen molar-refractivity contribution in [3.8, 4) is 17.1 Å². The number of aromatic hydroxyl groups is 1. The molecule has 1 fully saturated rings. The lowest BCUT2D eigenvalue weighted by Gasteiger charge is -2.21. The Bertz CT molecular complexity index is 932. The van der Waals surface area contributed by atoms with Crippen LogP contribution in [0.1, 0.15) is 37.9 Å². The summed E-state index contributed by atoms with van der Waals surface area (Å²) in [5.41, 5.74) is 0.818. The Hall–Kier alpha value is -2.74. The second-order valence-corrected chi connectivity index (χ2v) is 8.00. The molecule has 1 N–H and O–H groups in total. The van der Waals surface area contributed by atoms with Crippen molar-refractivity contribution < 1.29 is 19.1 Å². The Kier molecular flexibility index (Phi) is 6.19. The van der Waals surface area contributed by atoms with Crippen molar-refractivity contribution in [2.75, 3.05) is 5.75 Å². The van der Waals surface area contributed by atoms with E-state index >= 15 is 0 Å². The monoisotopic (exact) mass is 413 g/mol. The molecule has 0 aliphatic heterocycles. The van der Waals surface area contributed by atoms with E-state index in [1.807, 2.05) is 16.7 Å². The van der Waals surface area contributed by atoms with Crippen molar-refractivity contribution in [1.82, 2.24) is 14.8 Å². The summed E-state index contributed by atoms with van der Waals surface area (Å²) in [6.45, 7) is 0.441. The van der Waals surface area contributed by atoms with E-state index in [4.69, 9.17) is 9.15 Å². The van der Waals surface area contributed by atoms with Crippen LogP contribution >= 0.6 is 11.8 Å². The molecule has 152 valence electrons. The Morgan fingerprint density at radius 2 is 1.97 bits per heavy atom. The van der Waals surface area contributed by atoms with Gasteiger partial charge in [-0.25, -0.2) is 0 Å². The molecule has 29 heavy (non-hydrogen) atoms. The first kappa shape index (κ1) is 19.6. The number of benzene rings is 1. The molecule has 0 atom stereocenters. The Morgan fingerprint density at radius 1 is 1.17 bits per heavy atom. The summed E-state index contributed by atoms with van der Waals surface area (Å²) < 4.78 is 13.0. The largest absolute Gasteiger partial charge is 0.508 e. The highest BCUT2D eigenvalue weighted by atomic mass is 32.2. The van der Waals surface area contributed by atoms with Crippen molar-refractivity contribution in [3.05, 3.63) is 48.4 Å². The van der Waals surface area contributed by atoms with Crippen LogP contribution in [0.2, 0.25) is 0 Å². The average Bonchev–Trinajstić information content (AvgIpc) is 3.38. The van der Waals surface area contributed by atoms with Crippen LogP contribution in [-0.4, -0.2) is 37.7 Å². The summed E-state index contributed by atoms with van der Waals surface area (Å²) in [6.07, 6.45) is 7.04. The number of esters is 1. The maximum Gasteiger partial charge on any atom is 0.316 e. The maximum atomic E-state index is 12.3. The summed E-state index contributed by atoms with van der Waals surface area (Å²) in [5, 5.41) is 18.8. The molecule has 0 bridgehead atoms. The highest BCUT2D eigenvalue weighted by Gasteiger charge is 2.20. The number of hydrogen-bond donors (Lipinski definition) is 1. The molecule has 1 aromatic carbocycles. The molecule has 8 heteroatoms. The highest BCUT2D eigenvalue weighted by Crippen LogP contribution is 2.27. The normalized spacial score (nSPS) is 14.8. The molecule has 1 saturated carbocycles. The Labute approximate surface area is 173 Å². The van der Waals surface area contributed by atoms with Crippen LogP contribution < -0.4 is 0 Å². The van der Waals surface area contributed by atoms with Crippen molar-refractivity contribution in [2.24, 2.45) is 0 Å². The minimum Gasteiger partial charge on any atom is -0.508 e. The van der Waals surface area contributed by atoms with E-state index in [1.165, 1.54) is 18.2 Å². The zero-order valence-corrected chi connectivity index (χ0v) is 16.8. The van der Waals surface area contributed by atoms with Gasteiger partial charge in [-0.1, -0.05) is 18.2 Å².